The van der Waals surface area contributed by atoms with Crippen LogP contribution in [0.5, 0.6) is 0 Å². The Morgan fingerprint density at radius 2 is 1.94 bits per heavy atom. The minimum atomic E-state index is -0.306. The van der Waals surface area contributed by atoms with Gasteiger partial charge < -0.3 is 0 Å². The Hall–Kier alpha value is -1.46. The highest BCUT2D eigenvalue weighted by Gasteiger charge is 2.08. The number of nitrogens with zero attached hydrogens (tertiary/aromatic N) is 2. The molecule has 86 valence electrons. The summed E-state index contributed by atoms with van der Waals surface area (Å²) in [6.45, 7) is 0. The standard InChI is InChI=1S/C11H7BrClN3O/c12-8-4-7(5-9(13)6-8)10(17)16-11-14-2-1-3-15-11/h1-6H,(H,14,15,16,17). The Kier molecular flexibility index (Phi) is 3.71. The smallest absolute Gasteiger partial charge is 0.258 e. The largest absolute Gasteiger partial charge is 0.290 e. The van der Waals surface area contributed by atoms with Gasteiger partial charge in [-0.25, -0.2) is 9.97 Å². The SMILES string of the molecule is O=C(Nc1ncccn1)c1cc(Cl)cc(Br)c1. The van der Waals surface area contributed by atoms with Crippen molar-refractivity contribution in [2.75, 3.05) is 5.32 Å². The third-order valence-corrected chi connectivity index (χ3v) is 2.59. The molecule has 0 aliphatic heterocycles. The van der Waals surface area contributed by atoms with Crippen LogP contribution in [-0.2, 0) is 0 Å². The lowest BCUT2D eigenvalue weighted by molar-refractivity contribution is 0.102. The number of halogens is 2. The van der Waals surface area contributed by atoms with E-state index < -0.39 is 0 Å². The fourth-order valence-electron chi connectivity index (χ4n) is 1.22. The fraction of sp³-hybridized carbons (Fsp3) is 0. The van der Waals surface area contributed by atoms with Crippen LogP contribution in [0.3, 0.4) is 0 Å². The normalized spacial score (nSPS) is 10.0. The number of hydrogen-bond acceptors (Lipinski definition) is 3. The van der Waals surface area contributed by atoms with E-state index in [9.17, 15) is 4.79 Å². The number of amides is 1. The number of aromatic nitrogens is 2. The maximum Gasteiger partial charge on any atom is 0.258 e. The highest BCUT2D eigenvalue weighted by molar-refractivity contribution is 9.10. The number of nitrogens with one attached hydrogen (secondary N) is 1. The summed E-state index contributed by atoms with van der Waals surface area (Å²) in [4.78, 5) is 19.7. The molecule has 6 heteroatoms. The van der Waals surface area contributed by atoms with Crippen LogP contribution in [0.2, 0.25) is 5.02 Å². The summed E-state index contributed by atoms with van der Waals surface area (Å²) in [5.41, 5.74) is 0.442. The molecular formula is C11H7BrClN3O. The average Bonchev–Trinajstić information content (AvgIpc) is 2.29. The molecule has 0 atom stereocenters. The van der Waals surface area contributed by atoms with Crippen molar-refractivity contribution in [1.82, 2.24) is 9.97 Å². The summed E-state index contributed by atoms with van der Waals surface area (Å²) < 4.78 is 0.740. The number of hydrogen-bond donors (Lipinski definition) is 1. The van der Waals surface area contributed by atoms with Crippen molar-refractivity contribution < 1.29 is 4.79 Å². The van der Waals surface area contributed by atoms with Gasteiger partial charge in [-0.05, 0) is 24.3 Å². The highest BCUT2D eigenvalue weighted by Crippen LogP contribution is 2.20. The topological polar surface area (TPSA) is 54.9 Å². The number of anilines is 1. The number of rotatable bonds is 2. The van der Waals surface area contributed by atoms with Gasteiger partial charge in [0.15, 0.2) is 0 Å². The number of benzene rings is 1. The number of carbonyl (C=O) groups is 1. The van der Waals surface area contributed by atoms with Gasteiger partial charge in [-0.2, -0.15) is 0 Å². The lowest BCUT2D eigenvalue weighted by Crippen LogP contribution is -2.13. The summed E-state index contributed by atoms with van der Waals surface area (Å²) in [5.74, 6) is -0.0482. The lowest BCUT2D eigenvalue weighted by atomic mass is 10.2. The minimum absolute atomic E-state index is 0.258. The van der Waals surface area contributed by atoms with Gasteiger partial charge >= 0.3 is 0 Å². The minimum Gasteiger partial charge on any atom is -0.290 e. The summed E-state index contributed by atoms with van der Waals surface area (Å²) in [7, 11) is 0. The van der Waals surface area contributed by atoms with Crippen LogP contribution in [0.1, 0.15) is 10.4 Å². The molecule has 0 bridgehead atoms. The van der Waals surface area contributed by atoms with Gasteiger partial charge in [0.05, 0.1) is 0 Å². The van der Waals surface area contributed by atoms with Gasteiger partial charge in [-0.15, -0.1) is 0 Å². The quantitative estimate of drug-likeness (QED) is 0.927. The second-order valence-corrected chi connectivity index (χ2v) is 4.54. The predicted octanol–water partition coefficient (Wildman–Crippen LogP) is 3.14. The van der Waals surface area contributed by atoms with Gasteiger partial charge in [0.25, 0.3) is 5.91 Å². The molecule has 0 unspecified atom stereocenters. The molecule has 1 aromatic carbocycles. The van der Waals surface area contributed by atoms with Crippen molar-refractivity contribution in [3.63, 3.8) is 0 Å². The third-order valence-electron chi connectivity index (χ3n) is 1.92. The predicted molar refractivity (Wildman–Crippen MR) is 69.1 cm³/mol. The Balaban J connectivity index is 2.20. The summed E-state index contributed by atoms with van der Waals surface area (Å²) in [5, 5.41) is 3.06. The third kappa shape index (κ3) is 3.25. The van der Waals surface area contributed by atoms with Crippen molar-refractivity contribution in [2.45, 2.75) is 0 Å². The van der Waals surface area contributed by atoms with Crippen molar-refractivity contribution >= 4 is 39.4 Å². The molecular weight excluding hydrogens is 305 g/mol. The molecule has 0 spiro atoms. The monoisotopic (exact) mass is 311 g/mol. The second kappa shape index (κ2) is 5.25. The zero-order valence-electron chi connectivity index (χ0n) is 8.52. The summed E-state index contributed by atoms with van der Waals surface area (Å²) in [6, 6.07) is 6.62. The van der Waals surface area contributed by atoms with E-state index in [1.54, 1.807) is 36.7 Å². The molecule has 0 saturated heterocycles. The molecule has 1 aromatic heterocycles. The molecule has 0 fully saturated rings. The first-order valence-electron chi connectivity index (χ1n) is 4.69. The molecule has 0 aliphatic rings. The van der Waals surface area contributed by atoms with Crippen molar-refractivity contribution in [3.05, 3.63) is 51.7 Å². The zero-order chi connectivity index (χ0) is 12.3. The first-order valence-corrected chi connectivity index (χ1v) is 5.87. The molecule has 17 heavy (non-hydrogen) atoms. The molecule has 0 aliphatic carbocycles. The maximum absolute atomic E-state index is 11.8. The van der Waals surface area contributed by atoms with Crippen molar-refractivity contribution in [3.8, 4) is 0 Å². The van der Waals surface area contributed by atoms with Gasteiger partial charge in [-0.3, -0.25) is 10.1 Å². The van der Waals surface area contributed by atoms with Crippen LogP contribution in [0, 0.1) is 0 Å². The van der Waals surface area contributed by atoms with Crippen LogP contribution in [0.15, 0.2) is 41.1 Å². The first-order chi connectivity index (χ1) is 8.15. The van der Waals surface area contributed by atoms with Crippen LogP contribution < -0.4 is 5.32 Å². The molecule has 2 rings (SSSR count). The molecule has 1 amide bonds. The molecule has 1 heterocycles. The van der Waals surface area contributed by atoms with E-state index in [-0.39, 0.29) is 11.9 Å². The van der Waals surface area contributed by atoms with Gasteiger partial charge in [0, 0.05) is 27.5 Å². The van der Waals surface area contributed by atoms with E-state index >= 15 is 0 Å². The van der Waals surface area contributed by atoms with E-state index in [2.05, 4.69) is 31.2 Å². The Labute approximate surface area is 111 Å². The lowest BCUT2D eigenvalue weighted by Gasteiger charge is -2.04. The summed E-state index contributed by atoms with van der Waals surface area (Å²) in [6.07, 6.45) is 3.10. The van der Waals surface area contributed by atoms with Gasteiger partial charge in [-0.1, -0.05) is 27.5 Å². The molecule has 0 radical (unpaired) electrons. The van der Waals surface area contributed by atoms with Crippen LogP contribution in [-0.4, -0.2) is 15.9 Å². The Morgan fingerprint density at radius 3 is 2.59 bits per heavy atom. The van der Waals surface area contributed by atoms with Crippen molar-refractivity contribution in [2.24, 2.45) is 0 Å². The fourth-order valence-corrected chi connectivity index (χ4v) is 2.08. The highest BCUT2D eigenvalue weighted by atomic mass is 79.9. The molecule has 4 nitrogen and oxygen atoms in total. The van der Waals surface area contributed by atoms with E-state index in [4.69, 9.17) is 11.6 Å². The Bertz CT molecular complexity index is 527. The van der Waals surface area contributed by atoms with Gasteiger partial charge in [0.2, 0.25) is 5.95 Å². The van der Waals surface area contributed by atoms with Crippen molar-refractivity contribution in [1.29, 1.82) is 0 Å². The second-order valence-electron chi connectivity index (χ2n) is 3.18. The van der Waals surface area contributed by atoms with E-state index in [0.717, 1.165) is 4.47 Å². The van der Waals surface area contributed by atoms with Crippen LogP contribution >= 0.6 is 27.5 Å². The molecule has 2 aromatic rings. The average molecular weight is 313 g/mol. The Morgan fingerprint density at radius 1 is 1.24 bits per heavy atom. The maximum atomic E-state index is 11.8. The van der Waals surface area contributed by atoms with Gasteiger partial charge in [0.1, 0.15) is 0 Å². The van der Waals surface area contributed by atoms with Crippen LogP contribution in [0.4, 0.5) is 5.95 Å². The van der Waals surface area contributed by atoms with E-state index in [1.165, 1.54) is 0 Å². The molecule has 0 saturated carbocycles. The van der Waals surface area contributed by atoms with Crippen LogP contribution in [0.25, 0.3) is 0 Å². The zero-order valence-corrected chi connectivity index (χ0v) is 10.9. The number of carbonyl (C=O) groups excluding carboxylic acids is 1. The first kappa shape index (κ1) is 12.0. The summed E-state index contributed by atoms with van der Waals surface area (Å²) >= 11 is 9.13. The van der Waals surface area contributed by atoms with E-state index in [0.29, 0.717) is 10.6 Å². The van der Waals surface area contributed by atoms with E-state index in [1.807, 2.05) is 0 Å². The molecule has 1 N–H and O–H groups in total.